The summed E-state index contributed by atoms with van der Waals surface area (Å²) in [6.45, 7) is 2.27. The lowest BCUT2D eigenvalue weighted by Crippen LogP contribution is -2.00. The zero-order chi connectivity index (χ0) is 21.6. The van der Waals surface area contributed by atoms with Crippen LogP contribution in [0.1, 0.15) is 23.9 Å². The summed E-state index contributed by atoms with van der Waals surface area (Å²) in [7, 11) is 0. The molecule has 156 valence electrons. The van der Waals surface area contributed by atoms with Crippen LogP contribution >= 0.6 is 11.8 Å². The van der Waals surface area contributed by atoms with Crippen LogP contribution in [0.25, 0.3) is 16.8 Å². The predicted octanol–water partition coefficient (Wildman–Crippen LogP) is 5.58. The summed E-state index contributed by atoms with van der Waals surface area (Å²) < 4.78 is 11.6. The number of benzene rings is 3. The number of thioether (sulfide) groups is 1. The van der Waals surface area contributed by atoms with Gasteiger partial charge in [0.1, 0.15) is 17.3 Å². The molecule has 0 atom stereocenters. The Labute approximate surface area is 183 Å². The van der Waals surface area contributed by atoms with Gasteiger partial charge in [-0.25, -0.2) is 4.79 Å². The van der Waals surface area contributed by atoms with Gasteiger partial charge in [0.25, 0.3) is 5.22 Å². The maximum atomic E-state index is 12.0. The van der Waals surface area contributed by atoms with Gasteiger partial charge in [-0.1, -0.05) is 67.6 Å². The first kappa shape index (κ1) is 20.7. The molecule has 0 saturated carbocycles. The molecule has 0 aliphatic rings. The van der Waals surface area contributed by atoms with Gasteiger partial charge in [0, 0.05) is 12.0 Å². The van der Waals surface area contributed by atoms with Crippen LogP contribution in [-0.4, -0.2) is 21.3 Å². The lowest BCUT2D eigenvalue weighted by molar-refractivity contribution is -0.131. The number of carboxylic acid groups (broad SMARTS) is 1. The van der Waals surface area contributed by atoms with Crippen LogP contribution in [0.4, 0.5) is 0 Å². The van der Waals surface area contributed by atoms with Crippen LogP contribution in [0, 0.1) is 0 Å². The Bertz CT molecular complexity index is 1230. The van der Waals surface area contributed by atoms with Gasteiger partial charge in [-0.3, -0.25) is 0 Å². The number of rotatable bonds is 8. The van der Waals surface area contributed by atoms with Gasteiger partial charge >= 0.3 is 5.97 Å². The second-order valence-electron chi connectivity index (χ2n) is 6.70. The summed E-state index contributed by atoms with van der Waals surface area (Å²) in [4.78, 5) is 12.1. The van der Waals surface area contributed by atoms with Crippen LogP contribution in [0.5, 0.6) is 5.75 Å². The Balaban J connectivity index is 1.74. The maximum absolute atomic E-state index is 12.0. The molecular formula is C24H20N2O4S. The molecule has 0 radical (unpaired) electrons. The standard InChI is InChI=1S/C24H20N2O4S/c1-2-22-25-26-24(30-22)31-21(23(27)28)14-19-18-11-7-6-10-17(18)12-13-20(19)29-15-16-8-4-3-5-9-16/h3-14H,2,15H2,1H3,(H,27,28)/b21-14-. The van der Waals surface area contributed by atoms with E-state index in [-0.39, 0.29) is 10.1 Å². The second kappa shape index (κ2) is 9.49. The lowest BCUT2D eigenvalue weighted by atomic mass is 10.0. The number of hydrogen-bond acceptors (Lipinski definition) is 6. The van der Waals surface area contributed by atoms with Crippen molar-refractivity contribution >= 4 is 34.6 Å². The molecule has 4 rings (SSSR count). The molecular weight excluding hydrogens is 412 g/mol. The van der Waals surface area contributed by atoms with E-state index in [2.05, 4.69) is 10.2 Å². The molecule has 31 heavy (non-hydrogen) atoms. The van der Waals surface area contributed by atoms with Gasteiger partial charge in [-0.15, -0.1) is 10.2 Å². The van der Waals surface area contributed by atoms with Gasteiger partial charge in [-0.05, 0) is 40.2 Å². The molecule has 4 aromatic rings. The zero-order valence-corrected chi connectivity index (χ0v) is 17.6. The molecule has 0 aliphatic carbocycles. The average molecular weight is 433 g/mol. The first-order valence-electron chi connectivity index (χ1n) is 9.77. The highest BCUT2D eigenvalue weighted by Crippen LogP contribution is 2.34. The van der Waals surface area contributed by atoms with Crippen LogP contribution in [0.3, 0.4) is 0 Å². The van der Waals surface area contributed by atoms with Crippen molar-refractivity contribution in [3.8, 4) is 5.75 Å². The van der Waals surface area contributed by atoms with Gasteiger partial charge in [0.2, 0.25) is 5.89 Å². The van der Waals surface area contributed by atoms with E-state index in [0.29, 0.717) is 30.2 Å². The summed E-state index contributed by atoms with van der Waals surface area (Å²) in [6, 6.07) is 21.4. The van der Waals surface area contributed by atoms with Crippen molar-refractivity contribution < 1.29 is 19.1 Å². The first-order valence-corrected chi connectivity index (χ1v) is 10.6. The smallest absolute Gasteiger partial charge is 0.342 e. The molecule has 0 saturated heterocycles. The molecule has 0 bridgehead atoms. The summed E-state index contributed by atoms with van der Waals surface area (Å²) in [5.41, 5.74) is 1.71. The summed E-state index contributed by atoms with van der Waals surface area (Å²) >= 11 is 0.925. The van der Waals surface area contributed by atoms with Gasteiger partial charge in [0.05, 0.1) is 0 Å². The highest BCUT2D eigenvalue weighted by molar-refractivity contribution is 8.03. The van der Waals surface area contributed by atoms with Crippen molar-refractivity contribution in [2.75, 3.05) is 0 Å². The quantitative estimate of drug-likeness (QED) is 0.287. The highest BCUT2D eigenvalue weighted by Gasteiger charge is 2.17. The van der Waals surface area contributed by atoms with Crippen molar-refractivity contribution in [1.29, 1.82) is 0 Å². The molecule has 0 fully saturated rings. The Kier molecular flexibility index (Phi) is 6.33. The van der Waals surface area contributed by atoms with Crippen LogP contribution in [-0.2, 0) is 17.8 Å². The number of carbonyl (C=O) groups is 1. The molecule has 6 nitrogen and oxygen atoms in total. The van der Waals surface area contributed by atoms with E-state index in [1.807, 2.05) is 73.7 Å². The van der Waals surface area contributed by atoms with Gasteiger partial charge < -0.3 is 14.3 Å². The largest absolute Gasteiger partial charge is 0.488 e. The number of aryl methyl sites for hydroxylation is 1. The number of ether oxygens (including phenoxy) is 1. The molecule has 0 amide bonds. The van der Waals surface area contributed by atoms with E-state index in [1.165, 1.54) is 0 Å². The Morgan fingerprint density at radius 1 is 1.06 bits per heavy atom. The first-order chi connectivity index (χ1) is 15.1. The molecule has 0 aliphatic heterocycles. The molecule has 7 heteroatoms. The van der Waals surface area contributed by atoms with E-state index in [0.717, 1.165) is 28.1 Å². The number of hydrogen-bond donors (Lipinski definition) is 1. The number of fused-ring (bicyclic) bond motifs is 1. The second-order valence-corrected chi connectivity index (χ2v) is 7.70. The lowest BCUT2D eigenvalue weighted by Gasteiger charge is -2.13. The van der Waals surface area contributed by atoms with Crippen molar-refractivity contribution in [2.24, 2.45) is 0 Å². The van der Waals surface area contributed by atoms with E-state index >= 15 is 0 Å². The van der Waals surface area contributed by atoms with Gasteiger partial charge in [-0.2, -0.15) is 0 Å². The minimum Gasteiger partial charge on any atom is -0.488 e. The average Bonchev–Trinajstić information content (AvgIpc) is 3.26. The minimum absolute atomic E-state index is 0.0622. The fraction of sp³-hybridized carbons (Fsp3) is 0.125. The Morgan fingerprint density at radius 3 is 2.58 bits per heavy atom. The summed E-state index contributed by atoms with van der Waals surface area (Å²) in [6.07, 6.45) is 2.19. The van der Waals surface area contributed by atoms with Crippen molar-refractivity contribution in [3.05, 3.63) is 88.7 Å². The third-order valence-corrected chi connectivity index (χ3v) is 5.45. The number of aliphatic carboxylic acids is 1. The molecule has 1 heterocycles. The topological polar surface area (TPSA) is 85.5 Å². The summed E-state index contributed by atoms with van der Waals surface area (Å²) in [5.74, 6) is -0.0193. The Morgan fingerprint density at radius 2 is 1.84 bits per heavy atom. The molecule has 1 N–H and O–H groups in total. The Hall–Kier alpha value is -3.58. The van der Waals surface area contributed by atoms with Crippen molar-refractivity contribution in [3.63, 3.8) is 0 Å². The monoisotopic (exact) mass is 432 g/mol. The van der Waals surface area contributed by atoms with Crippen molar-refractivity contribution in [2.45, 2.75) is 25.2 Å². The van der Waals surface area contributed by atoms with E-state index in [1.54, 1.807) is 6.08 Å². The predicted molar refractivity (Wildman–Crippen MR) is 120 cm³/mol. The number of aromatic nitrogens is 2. The fourth-order valence-electron chi connectivity index (χ4n) is 3.07. The molecule has 1 aromatic heterocycles. The fourth-order valence-corrected chi connectivity index (χ4v) is 3.74. The van der Waals surface area contributed by atoms with E-state index < -0.39 is 5.97 Å². The molecule has 0 unspecified atom stereocenters. The molecule has 0 spiro atoms. The normalized spacial score (nSPS) is 11.6. The molecule has 3 aromatic carbocycles. The van der Waals surface area contributed by atoms with Crippen LogP contribution in [0.15, 0.2) is 81.3 Å². The number of nitrogens with zero attached hydrogens (tertiary/aromatic N) is 2. The highest BCUT2D eigenvalue weighted by atomic mass is 32.2. The van der Waals surface area contributed by atoms with Crippen molar-refractivity contribution in [1.82, 2.24) is 10.2 Å². The third kappa shape index (κ3) is 4.95. The van der Waals surface area contributed by atoms with Gasteiger partial charge in [0.15, 0.2) is 0 Å². The van der Waals surface area contributed by atoms with Crippen LogP contribution in [0.2, 0.25) is 0 Å². The SMILES string of the molecule is CCc1nnc(S/C(=C\c2c(OCc3ccccc3)ccc3ccccc23)C(=O)O)o1. The maximum Gasteiger partial charge on any atom is 0.342 e. The van der Waals surface area contributed by atoms with Crippen LogP contribution < -0.4 is 4.74 Å². The summed E-state index contributed by atoms with van der Waals surface area (Å²) in [5, 5.41) is 19.7. The van der Waals surface area contributed by atoms with E-state index in [9.17, 15) is 9.90 Å². The minimum atomic E-state index is -1.08. The van der Waals surface area contributed by atoms with E-state index in [4.69, 9.17) is 9.15 Å². The number of carboxylic acids is 1. The third-order valence-electron chi connectivity index (χ3n) is 4.60. The zero-order valence-electron chi connectivity index (χ0n) is 16.8.